The van der Waals surface area contributed by atoms with E-state index in [1.807, 2.05) is 7.05 Å². The third kappa shape index (κ3) is 10.00. The van der Waals surface area contributed by atoms with Crippen molar-refractivity contribution < 1.29 is 9.18 Å². The van der Waals surface area contributed by atoms with E-state index in [0.29, 0.717) is 18.9 Å². The molecule has 2 N–H and O–H groups in total. The van der Waals surface area contributed by atoms with Crippen molar-refractivity contribution >= 4 is 30.7 Å². The molecule has 0 radical (unpaired) electrons. The second-order valence-corrected chi connectivity index (χ2v) is 6.45. The van der Waals surface area contributed by atoms with Crippen molar-refractivity contribution in [1.82, 2.24) is 15.5 Å². The van der Waals surface area contributed by atoms with Gasteiger partial charge < -0.3 is 15.5 Å². The smallest absolute Gasteiger partial charge is 0.220 e. The second kappa shape index (κ2) is 13.3. The largest absolute Gasteiger partial charge is 0.355 e. The summed E-state index contributed by atoms with van der Waals surface area (Å²) in [5, 5.41) is 6.34. The Balaban J connectivity index is 0.00000288. The molecule has 0 atom stereocenters. The number of halogens is 3. The van der Waals surface area contributed by atoms with Gasteiger partial charge in [-0.15, -0.1) is 24.8 Å². The molecule has 0 spiro atoms. The fourth-order valence-electron chi connectivity index (χ4n) is 2.96. The van der Waals surface area contributed by atoms with E-state index in [1.165, 1.54) is 25.0 Å². The number of carbonyl (C=O) groups is 1. The third-order valence-electron chi connectivity index (χ3n) is 4.42. The van der Waals surface area contributed by atoms with Crippen LogP contribution >= 0.6 is 24.8 Å². The average molecular weight is 394 g/mol. The molecule has 1 amide bonds. The summed E-state index contributed by atoms with van der Waals surface area (Å²) in [6, 6.07) is 6.55. The van der Waals surface area contributed by atoms with E-state index in [1.54, 1.807) is 12.1 Å². The number of carbonyl (C=O) groups excluding carboxylic acids is 1. The van der Waals surface area contributed by atoms with Crippen LogP contribution in [-0.4, -0.2) is 44.0 Å². The van der Waals surface area contributed by atoms with Gasteiger partial charge in [0, 0.05) is 26.1 Å². The van der Waals surface area contributed by atoms with Crippen LogP contribution in [0.25, 0.3) is 0 Å². The van der Waals surface area contributed by atoms with E-state index in [0.717, 1.165) is 38.2 Å². The van der Waals surface area contributed by atoms with Crippen LogP contribution in [-0.2, 0) is 11.3 Å². The summed E-state index contributed by atoms with van der Waals surface area (Å²) in [6.45, 7) is 4.37. The zero-order chi connectivity index (χ0) is 16.5. The number of nitrogens with one attached hydrogen (secondary N) is 2. The fourth-order valence-corrected chi connectivity index (χ4v) is 2.96. The Hall–Kier alpha value is -0.880. The van der Waals surface area contributed by atoms with Gasteiger partial charge in [0.15, 0.2) is 0 Å². The van der Waals surface area contributed by atoms with Crippen LogP contribution in [0.15, 0.2) is 24.3 Å². The van der Waals surface area contributed by atoms with E-state index in [-0.39, 0.29) is 36.5 Å². The molecule has 144 valence electrons. The molecule has 25 heavy (non-hydrogen) atoms. The number of piperidine rings is 1. The maximum absolute atomic E-state index is 12.9. The highest BCUT2D eigenvalue weighted by molar-refractivity contribution is 5.85. The molecule has 0 saturated carbocycles. The van der Waals surface area contributed by atoms with Crippen LogP contribution in [0.5, 0.6) is 0 Å². The first-order chi connectivity index (χ1) is 11.1. The molecule has 1 aliphatic rings. The second-order valence-electron chi connectivity index (χ2n) is 6.45. The Bertz CT molecular complexity index is 482. The number of nitrogens with zero attached hydrogens (tertiary/aromatic N) is 1. The highest BCUT2D eigenvalue weighted by Crippen LogP contribution is 2.17. The SMILES string of the molecule is CN(CCNC(=O)CCC1CCNCC1)Cc1ccc(F)cc1.Cl.Cl. The molecule has 1 fully saturated rings. The minimum absolute atomic E-state index is 0. The summed E-state index contributed by atoms with van der Waals surface area (Å²) in [4.78, 5) is 14.0. The monoisotopic (exact) mass is 393 g/mol. The summed E-state index contributed by atoms with van der Waals surface area (Å²) < 4.78 is 12.9. The lowest BCUT2D eigenvalue weighted by atomic mass is 9.93. The first kappa shape index (κ1) is 24.1. The van der Waals surface area contributed by atoms with Crippen LogP contribution < -0.4 is 10.6 Å². The van der Waals surface area contributed by atoms with E-state index in [4.69, 9.17) is 0 Å². The summed E-state index contributed by atoms with van der Waals surface area (Å²) in [7, 11) is 2.00. The number of hydrogen-bond acceptors (Lipinski definition) is 3. The van der Waals surface area contributed by atoms with Gasteiger partial charge in [0.25, 0.3) is 0 Å². The van der Waals surface area contributed by atoms with Gasteiger partial charge in [-0.3, -0.25) is 4.79 Å². The normalized spacial score (nSPS) is 14.5. The highest BCUT2D eigenvalue weighted by atomic mass is 35.5. The molecule has 2 rings (SSSR count). The van der Waals surface area contributed by atoms with Crippen molar-refractivity contribution in [3.05, 3.63) is 35.6 Å². The minimum atomic E-state index is -0.211. The summed E-state index contributed by atoms with van der Waals surface area (Å²) >= 11 is 0. The molecule has 1 saturated heterocycles. The Morgan fingerprint density at radius 2 is 1.88 bits per heavy atom. The molecule has 4 nitrogen and oxygen atoms in total. The molecule has 0 aromatic heterocycles. The molecule has 7 heteroatoms. The summed E-state index contributed by atoms with van der Waals surface area (Å²) in [5.41, 5.74) is 1.08. The van der Waals surface area contributed by atoms with Crippen LogP contribution in [0.2, 0.25) is 0 Å². The fraction of sp³-hybridized carbons (Fsp3) is 0.611. The van der Waals surface area contributed by atoms with Crippen LogP contribution in [0.3, 0.4) is 0 Å². The molecule has 1 aromatic rings. The Kier molecular flexibility index (Phi) is 12.9. The minimum Gasteiger partial charge on any atom is -0.355 e. The number of rotatable bonds is 8. The first-order valence-electron chi connectivity index (χ1n) is 8.54. The molecule has 0 bridgehead atoms. The van der Waals surface area contributed by atoms with Crippen LogP contribution in [0, 0.1) is 11.7 Å². The highest BCUT2D eigenvalue weighted by Gasteiger charge is 2.14. The van der Waals surface area contributed by atoms with Crippen molar-refractivity contribution in [2.45, 2.75) is 32.2 Å². The predicted octanol–water partition coefficient (Wildman–Crippen LogP) is 3.00. The third-order valence-corrected chi connectivity index (χ3v) is 4.42. The van der Waals surface area contributed by atoms with E-state index >= 15 is 0 Å². The van der Waals surface area contributed by atoms with E-state index in [9.17, 15) is 9.18 Å². The maximum Gasteiger partial charge on any atom is 0.220 e. The zero-order valence-electron chi connectivity index (χ0n) is 14.8. The lowest BCUT2D eigenvalue weighted by Crippen LogP contribution is -2.33. The number of likely N-dealkylation sites (N-methyl/N-ethyl adjacent to an activating group) is 1. The van der Waals surface area contributed by atoms with Gasteiger partial charge in [0.2, 0.25) is 5.91 Å². The van der Waals surface area contributed by atoms with Crippen molar-refractivity contribution in [2.24, 2.45) is 5.92 Å². The number of hydrogen-bond donors (Lipinski definition) is 2. The number of benzene rings is 1. The molecule has 1 aliphatic heterocycles. The summed E-state index contributed by atoms with van der Waals surface area (Å²) in [6.07, 6.45) is 4.01. The standard InChI is InChI=1S/C18H28FN3O.2ClH/c1-22(14-16-2-5-17(19)6-3-16)13-12-21-18(23)7-4-15-8-10-20-11-9-15;;/h2-3,5-6,15,20H,4,7-14H2,1H3,(H,21,23);2*1H. The van der Waals surface area contributed by atoms with Gasteiger partial charge in [-0.05, 0) is 63.0 Å². The van der Waals surface area contributed by atoms with Gasteiger partial charge >= 0.3 is 0 Å². The molecule has 1 heterocycles. The maximum atomic E-state index is 12.9. The molecular weight excluding hydrogens is 364 g/mol. The Morgan fingerprint density at radius 1 is 1.24 bits per heavy atom. The Labute approximate surface area is 162 Å². The van der Waals surface area contributed by atoms with Crippen molar-refractivity contribution in [3.63, 3.8) is 0 Å². The van der Waals surface area contributed by atoms with Gasteiger partial charge in [0.05, 0.1) is 0 Å². The van der Waals surface area contributed by atoms with Gasteiger partial charge in [-0.25, -0.2) is 4.39 Å². The van der Waals surface area contributed by atoms with Gasteiger partial charge in [0.1, 0.15) is 5.82 Å². The first-order valence-corrected chi connectivity index (χ1v) is 8.54. The Morgan fingerprint density at radius 3 is 2.52 bits per heavy atom. The predicted molar refractivity (Wildman–Crippen MR) is 105 cm³/mol. The van der Waals surface area contributed by atoms with E-state index in [2.05, 4.69) is 15.5 Å². The molecule has 0 aliphatic carbocycles. The molecule has 0 unspecified atom stereocenters. The van der Waals surface area contributed by atoms with Crippen molar-refractivity contribution in [2.75, 3.05) is 33.2 Å². The van der Waals surface area contributed by atoms with Gasteiger partial charge in [-0.2, -0.15) is 0 Å². The van der Waals surface area contributed by atoms with Crippen LogP contribution in [0.4, 0.5) is 4.39 Å². The summed E-state index contributed by atoms with van der Waals surface area (Å²) in [5.74, 6) is 0.638. The van der Waals surface area contributed by atoms with Crippen molar-refractivity contribution in [1.29, 1.82) is 0 Å². The quantitative estimate of drug-likeness (QED) is 0.713. The number of amides is 1. The zero-order valence-corrected chi connectivity index (χ0v) is 16.4. The lowest BCUT2D eigenvalue weighted by Gasteiger charge is -2.22. The lowest BCUT2D eigenvalue weighted by molar-refractivity contribution is -0.121. The van der Waals surface area contributed by atoms with Crippen LogP contribution in [0.1, 0.15) is 31.2 Å². The average Bonchev–Trinajstić information content (AvgIpc) is 2.56. The topological polar surface area (TPSA) is 44.4 Å². The van der Waals surface area contributed by atoms with Crippen molar-refractivity contribution in [3.8, 4) is 0 Å². The molecular formula is C18H30Cl2FN3O. The van der Waals surface area contributed by atoms with Gasteiger partial charge in [-0.1, -0.05) is 12.1 Å². The molecule has 1 aromatic carbocycles. The van der Waals surface area contributed by atoms with E-state index < -0.39 is 0 Å².